The molecule has 0 bridgehead atoms. The second-order valence-electron chi connectivity index (χ2n) is 10.4. The number of carbonyl (C=O) groups excluding carboxylic acids is 1. The number of fused-ring (bicyclic) bond motifs is 1. The van der Waals surface area contributed by atoms with E-state index in [1.165, 1.54) is 12.8 Å². The van der Waals surface area contributed by atoms with Crippen molar-refractivity contribution in [2.24, 2.45) is 10.9 Å². The summed E-state index contributed by atoms with van der Waals surface area (Å²) in [5.41, 5.74) is 2.66. The largest absolute Gasteiger partial charge is 0.507 e. The van der Waals surface area contributed by atoms with Crippen LogP contribution in [0, 0.1) is 5.92 Å². The number of hydrogen-bond donors (Lipinski definition) is 3. The average molecular weight is 590 g/mol. The van der Waals surface area contributed by atoms with E-state index in [2.05, 4.69) is 55.7 Å². The van der Waals surface area contributed by atoms with E-state index in [1.54, 1.807) is 6.07 Å². The van der Waals surface area contributed by atoms with E-state index in [9.17, 15) is 9.90 Å². The zero-order chi connectivity index (χ0) is 27.0. The number of nitrogens with one attached hydrogen (secondary N) is 2. The molecule has 1 amide bonds. The van der Waals surface area contributed by atoms with Crippen molar-refractivity contribution in [3.8, 4) is 5.75 Å². The predicted octanol–water partition coefficient (Wildman–Crippen LogP) is 6.43. The molecule has 7 heteroatoms. The summed E-state index contributed by atoms with van der Waals surface area (Å²) < 4.78 is 0.946. The van der Waals surface area contributed by atoms with E-state index in [4.69, 9.17) is 4.99 Å². The Morgan fingerprint density at radius 1 is 1.10 bits per heavy atom. The van der Waals surface area contributed by atoms with Crippen LogP contribution < -0.4 is 10.6 Å². The van der Waals surface area contributed by atoms with Crippen LogP contribution in [0.5, 0.6) is 5.75 Å². The number of benzene rings is 2. The molecule has 204 valence electrons. The molecule has 0 spiro atoms. The zero-order valence-corrected chi connectivity index (χ0v) is 23.9. The maximum atomic E-state index is 13.3. The van der Waals surface area contributed by atoms with Gasteiger partial charge in [0.25, 0.3) is 0 Å². The lowest BCUT2D eigenvalue weighted by molar-refractivity contribution is -0.123. The number of allylic oxidation sites excluding steroid dienone is 3. The van der Waals surface area contributed by atoms with Gasteiger partial charge in [0.05, 0.1) is 16.1 Å². The van der Waals surface area contributed by atoms with Gasteiger partial charge < -0.3 is 20.6 Å². The molecule has 1 aliphatic carbocycles. The van der Waals surface area contributed by atoms with Gasteiger partial charge in [-0.05, 0) is 77.7 Å². The van der Waals surface area contributed by atoms with Gasteiger partial charge in [0.15, 0.2) is 0 Å². The lowest BCUT2D eigenvalue weighted by Gasteiger charge is -2.34. The Morgan fingerprint density at radius 2 is 1.87 bits per heavy atom. The van der Waals surface area contributed by atoms with Crippen molar-refractivity contribution in [3.63, 3.8) is 0 Å². The molecule has 2 aromatic rings. The highest BCUT2D eigenvalue weighted by atomic mass is 79.9. The molecule has 0 radical (unpaired) electrons. The van der Waals surface area contributed by atoms with Gasteiger partial charge in [-0.1, -0.05) is 61.4 Å². The zero-order valence-electron chi connectivity index (χ0n) is 22.3. The maximum Gasteiger partial charge on any atom is 0.227 e. The van der Waals surface area contributed by atoms with Crippen molar-refractivity contribution in [2.45, 2.75) is 50.9 Å². The van der Waals surface area contributed by atoms with Crippen molar-refractivity contribution in [2.75, 3.05) is 19.6 Å². The van der Waals surface area contributed by atoms with E-state index in [0.717, 1.165) is 71.6 Å². The third-order valence-electron chi connectivity index (χ3n) is 7.73. The van der Waals surface area contributed by atoms with Crippen LogP contribution in [-0.4, -0.2) is 41.4 Å². The lowest BCUT2D eigenvalue weighted by atomic mass is 9.84. The van der Waals surface area contributed by atoms with Crippen molar-refractivity contribution in [3.05, 3.63) is 94.3 Å². The van der Waals surface area contributed by atoms with Crippen LogP contribution >= 0.6 is 15.9 Å². The van der Waals surface area contributed by atoms with Gasteiger partial charge in [-0.3, -0.25) is 9.79 Å². The molecule has 5 rings (SSSR count). The molecule has 3 aliphatic rings. The third-order valence-corrected chi connectivity index (χ3v) is 8.37. The smallest absolute Gasteiger partial charge is 0.227 e. The van der Waals surface area contributed by atoms with Gasteiger partial charge in [-0.15, -0.1) is 0 Å². The first kappa shape index (κ1) is 27.3. The minimum absolute atomic E-state index is 0.0763. The second-order valence-corrected chi connectivity index (χ2v) is 11.3. The van der Waals surface area contributed by atoms with Crippen LogP contribution in [0.1, 0.15) is 62.0 Å². The summed E-state index contributed by atoms with van der Waals surface area (Å²) in [6, 6.07) is 17.6. The quantitative estimate of drug-likeness (QED) is 0.310. The third kappa shape index (κ3) is 6.64. The fourth-order valence-corrected chi connectivity index (χ4v) is 6.26. The molecule has 1 fully saturated rings. The Labute approximate surface area is 239 Å². The SMILES string of the molecule is O=C(NCCCN=C1C=C(c2ccccc2O)N/C2=C(Br)/C=C/CCCN12)C(c1ccccc1)C1CCCC1. The van der Waals surface area contributed by atoms with Gasteiger partial charge in [0.1, 0.15) is 17.4 Å². The van der Waals surface area contributed by atoms with E-state index < -0.39 is 0 Å². The second kappa shape index (κ2) is 13.2. The number of amides is 1. The molecular formula is C32H37BrN4O2. The molecule has 3 N–H and O–H groups in total. The van der Waals surface area contributed by atoms with Gasteiger partial charge in [0, 0.05) is 31.3 Å². The van der Waals surface area contributed by atoms with E-state index in [0.29, 0.717) is 19.0 Å². The highest BCUT2D eigenvalue weighted by Crippen LogP contribution is 2.37. The van der Waals surface area contributed by atoms with Gasteiger partial charge in [-0.2, -0.15) is 0 Å². The number of aliphatic imine (C=N–C) groups is 1. The highest BCUT2D eigenvalue weighted by molar-refractivity contribution is 9.11. The first-order valence-corrected chi connectivity index (χ1v) is 14.9. The summed E-state index contributed by atoms with van der Waals surface area (Å²) >= 11 is 3.73. The molecular weight excluding hydrogens is 552 g/mol. The Bertz CT molecular complexity index is 1280. The number of aromatic hydroxyl groups is 1. The summed E-state index contributed by atoms with van der Waals surface area (Å²) in [7, 11) is 0. The van der Waals surface area contributed by atoms with E-state index in [-0.39, 0.29) is 17.6 Å². The molecule has 1 saturated carbocycles. The van der Waals surface area contributed by atoms with Gasteiger partial charge in [0.2, 0.25) is 5.91 Å². The number of nitrogens with zero attached hydrogens (tertiary/aromatic N) is 2. The predicted molar refractivity (Wildman–Crippen MR) is 161 cm³/mol. The minimum atomic E-state index is -0.0763. The summed E-state index contributed by atoms with van der Waals surface area (Å²) in [4.78, 5) is 20.5. The number of para-hydroxylation sites is 1. The first-order chi connectivity index (χ1) is 19.1. The van der Waals surface area contributed by atoms with Crippen LogP contribution in [0.4, 0.5) is 0 Å². The van der Waals surface area contributed by atoms with Crippen molar-refractivity contribution >= 4 is 33.4 Å². The molecule has 1 unspecified atom stereocenters. The lowest BCUT2D eigenvalue weighted by Crippen LogP contribution is -2.41. The summed E-state index contributed by atoms with van der Waals surface area (Å²) in [6.07, 6.45) is 13.7. The molecule has 2 heterocycles. The molecule has 0 aromatic heterocycles. The van der Waals surface area contributed by atoms with Crippen molar-refractivity contribution < 1.29 is 9.90 Å². The molecule has 2 aromatic carbocycles. The molecule has 1 atom stereocenters. The highest BCUT2D eigenvalue weighted by Gasteiger charge is 2.31. The topological polar surface area (TPSA) is 77.0 Å². The van der Waals surface area contributed by atoms with E-state index >= 15 is 0 Å². The van der Waals surface area contributed by atoms with Crippen LogP contribution in [0.15, 0.2) is 88.1 Å². The van der Waals surface area contributed by atoms with E-state index in [1.807, 2.05) is 42.5 Å². The van der Waals surface area contributed by atoms with Crippen LogP contribution in [-0.2, 0) is 4.79 Å². The Kier molecular flexibility index (Phi) is 9.19. The molecule has 6 nitrogen and oxygen atoms in total. The number of phenols is 1. The summed E-state index contributed by atoms with van der Waals surface area (Å²) in [6.45, 7) is 2.02. The van der Waals surface area contributed by atoms with Crippen LogP contribution in [0.25, 0.3) is 5.70 Å². The molecule has 0 saturated heterocycles. The maximum absolute atomic E-state index is 13.3. The van der Waals surface area contributed by atoms with Crippen LogP contribution in [0.2, 0.25) is 0 Å². The molecule has 39 heavy (non-hydrogen) atoms. The average Bonchev–Trinajstić information content (AvgIpc) is 3.47. The first-order valence-electron chi connectivity index (χ1n) is 14.1. The number of carbonyl (C=O) groups is 1. The summed E-state index contributed by atoms with van der Waals surface area (Å²) in [5, 5.41) is 17.2. The minimum Gasteiger partial charge on any atom is -0.507 e. The number of hydrogen-bond acceptors (Lipinski definition) is 4. The van der Waals surface area contributed by atoms with Gasteiger partial charge >= 0.3 is 0 Å². The van der Waals surface area contributed by atoms with Gasteiger partial charge in [-0.25, -0.2) is 0 Å². The normalized spacial score (nSPS) is 22.3. The van der Waals surface area contributed by atoms with Crippen LogP contribution in [0.3, 0.4) is 0 Å². The number of rotatable bonds is 8. The fourth-order valence-electron chi connectivity index (χ4n) is 5.76. The Balaban J connectivity index is 1.29. The summed E-state index contributed by atoms with van der Waals surface area (Å²) in [5.74, 6) is 2.47. The Hall–Kier alpha value is -3.32. The number of phenolic OH excluding ortho intramolecular Hbond substituents is 1. The van der Waals surface area contributed by atoms with Crippen molar-refractivity contribution in [1.82, 2.24) is 15.5 Å². The van der Waals surface area contributed by atoms with Crippen molar-refractivity contribution in [1.29, 1.82) is 0 Å². The standard InChI is InChI=1S/C32H37BrN4O2/c33-26-17-5-2-10-21-37-29(22-27(36-31(26)37)25-16-8-9-18-28(25)38)34-19-11-20-35-32(39)30(24-14-6-7-15-24)23-12-3-1-4-13-23/h1,3-5,8-9,12-13,16-18,22,24,30,36,38H,2,6-7,10-11,14-15,19-21H2,(H,35,39)/b17-5+,31-26+,34-29?. The Morgan fingerprint density at radius 3 is 2.67 bits per heavy atom. The fraction of sp³-hybridized carbons (Fsp3) is 0.375. The number of halogens is 1. The number of amidine groups is 1. The molecule has 2 aliphatic heterocycles. The monoisotopic (exact) mass is 588 g/mol.